The van der Waals surface area contributed by atoms with Crippen LogP contribution in [0.3, 0.4) is 0 Å². The molecule has 0 aromatic heterocycles. The minimum Gasteiger partial charge on any atom is -0.326 e. The van der Waals surface area contributed by atoms with Crippen LogP contribution in [-0.2, 0) is 14.8 Å². The van der Waals surface area contributed by atoms with Crippen molar-refractivity contribution in [3.8, 4) is 0 Å². The summed E-state index contributed by atoms with van der Waals surface area (Å²) in [7, 11) is -3.78. The molecule has 0 spiro atoms. The van der Waals surface area contributed by atoms with Crippen LogP contribution in [0.25, 0.3) is 0 Å². The first kappa shape index (κ1) is 18.4. The predicted molar refractivity (Wildman–Crippen MR) is 102 cm³/mol. The third-order valence-electron chi connectivity index (χ3n) is 3.95. The van der Waals surface area contributed by atoms with Gasteiger partial charge in [0.25, 0.3) is 10.0 Å². The molecule has 26 heavy (non-hydrogen) atoms. The second-order valence-electron chi connectivity index (χ2n) is 6.09. The molecule has 0 saturated heterocycles. The molecule has 136 valence electrons. The third kappa shape index (κ3) is 4.62. The van der Waals surface area contributed by atoms with Crippen LogP contribution >= 0.6 is 11.6 Å². The molecule has 1 amide bonds. The molecule has 0 radical (unpaired) electrons. The van der Waals surface area contributed by atoms with Crippen molar-refractivity contribution in [2.45, 2.75) is 24.7 Å². The lowest BCUT2D eigenvalue weighted by Crippen LogP contribution is -2.20. The van der Waals surface area contributed by atoms with Gasteiger partial charge in [0.15, 0.2) is 0 Å². The van der Waals surface area contributed by atoms with E-state index in [9.17, 15) is 13.2 Å². The zero-order valence-electron chi connectivity index (χ0n) is 14.1. The lowest BCUT2D eigenvalue weighted by Gasteiger charge is -2.08. The van der Waals surface area contributed by atoms with E-state index in [1.54, 1.807) is 31.2 Å². The Morgan fingerprint density at radius 2 is 1.85 bits per heavy atom. The highest BCUT2D eigenvalue weighted by molar-refractivity contribution is 7.89. The second kappa shape index (κ2) is 7.47. The first-order valence-corrected chi connectivity index (χ1v) is 9.94. The normalized spacial score (nSPS) is 14.8. The largest absolute Gasteiger partial charge is 0.326 e. The van der Waals surface area contributed by atoms with Crippen LogP contribution in [0.4, 0.5) is 5.69 Å². The maximum atomic E-state index is 12.3. The van der Waals surface area contributed by atoms with Crippen LogP contribution in [0.2, 0.25) is 5.02 Å². The van der Waals surface area contributed by atoms with Gasteiger partial charge in [-0.05, 0) is 61.7 Å². The number of anilines is 1. The minimum atomic E-state index is -3.78. The van der Waals surface area contributed by atoms with Crippen molar-refractivity contribution in [1.29, 1.82) is 0 Å². The van der Waals surface area contributed by atoms with Gasteiger partial charge in [-0.3, -0.25) is 4.79 Å². The minimum absolute atomic E-state index is 0.0141. The van der Waals surface area contributed by atoms with Crippen LogP contribution in [0.1, 0.15) is 25.3 Å². The standard InChI is InChI=1S/C18H18ClN3O3S/c1-12(21-22-26(24,25)17-9-7-15(19)8-10-17)14-3-2-4-16(11-14)20-18(23)13-5-6-13/h2-4,7-11,13,22H,5-6H2,1H3,(H,20,23)/b21-12+. The molecule has 1 fully saturated rings. The second-order valence-corrected chi connectivity index (χ2v) is 8.19. The van der Waals surface area contributed by atoms with E-state index in [1.807, 2.05) is 0 Å². The lowest BCUT2D eigenvalue weighted by atomic mass is 10.1. The van der Waals surface area contributed by atoms with E-state index < -0.39 is 10.0 Å². The topological polar surface area (TPSA) is 87.6 Å². The van der Waals surface area contributed by atoms with Crippen LogP contribution in [-0.4, -0.2) is 20.0 Å². The van der Waals surface area contributed by atoms with E-state index in [-0.39, 0.29) is 16.7 Å². The molecule has 1 saturated carbocycles. The molecule has 0 bridgehead atoms. The van der Waals surface area contributed by atoms with E-state index in [0.29, 0.717) is 22.0 Å². The van der Waals surface area contributed by atoms with Crippen molar-refractivity contribution in [3.05, 3.63) is 59.1 Å². The van der Waals surface area contributed by atoms with Gasteiger partial charge in [-0.25, -0.2) is 0 Å². The summed E-state index contributed by atoms with van der Waals surface area (Å²) >= 11 is 5.77. The van der Waals surface area contributed by atoms with Crippen molar-refractivity contribution < 1.29 is 13.2 Å². The fourth-order valence-electron chi connectivity index (χ4n) is 2.27. The molecule has 6 nitrogen and oxygen atoms in total. The van der Waals surface area contributed by atoms with E-state index >= 15 is 0 Å². The summed E-state index contributed by atoms with van der Waals surface area (Å²) in [6.45, 7) is 1.69. The summed E-state index contributed by atoms with van der Waals surface area (Å²) in [6, 6.07) is 12.9. The summed E-state index contributed by atoms with van der Waals surface area (Å²) < 4.78 is 24.5. The number of sulfonamides is 1. The number of hydrogen-bond donors (Lipinski definition) is 2. The molecule has 0 aliphatic heterocycles. The molecule has 3 rings (SSSR count). The Morgan fingerprint density at radius 1 is 1.15 bits per heavy atom. The van der Waals surface area contributed by atoms with Crippen molar-refractivity contribution >= 4 is 38.9 Å². The molecule has 2 N–H and O–H groups in total. The molecular weight excluding hydrogens is 374 g/mol. The Morgan fingerprint density at radius 3 is 2.50 bits per heavy atom. The quantitative estimate of drug-likeness (QED) is 0.584. The smallest absolute Gasteiger partial charge is 0.276 e. The molecule has 2 aromatic rings. The number of hydrogen-bond acceptors (Lipinski definition) is 4. The van der Waals surface area contributed by atoms with Crippen LogP contribution in [0.5, 0.6) is 0 Å². The van der Waals surface area contributed by atoms with E-state index in [4.69, 9.17) is 11.6 Å². The Labute approximate surface area is 157 Å². The van der Waals surface area contributed by atoms with Gasteiger partial charge in [0, 0.05) is 16.6 Å². The summed E-state index contributed by atoms with van der Waals surface area (Å²) in [4.78, 5) is 14.1. The number of rotatable bonds is 6. The predicted octanol–water partition coefficient (Wildman–Crippen LogP) is 3.39. The number of halogens is 1. The van der Waals surface area contributed by atoms with Gasteiger partial charge in [-0.2, -0.15) is 18.4 Å². The van der Waals surface area contributed by atoms with Crippen molar-refractivity contribution in [2.75, 3.05) is 5.32 Å². The van der Waals surface area contributed by atoms with Gasteiger partial charge in [0.2, 0.25) is 5.91 Å². The number of carbonyl (C=O) groups is 1. The molecule has 2 aromatic carbocycles. The lowest BCUT2D eigenvalue weighted by molar-refractivity contribution is -0.117. The van der Waals surface area contributed by atoms with E-state index in [0.717, 1.165) is 12.8 Å². The summed E-state index contributed by atoms with van der Waals surface area (Å²) in [6.07, 6.45) is 1.86. The Kier molecular flexibility index (Phi) is 5.29. The first-order valence-electron chi connectivity index (χ1n) is 8.08. The average Bonchev–Trinajstić information content (AvgIpc) is 3.45. The molecule has 8 heteroatoms. The third-order valence-corrected chi connectivity index (χ3v) is 5.43. The Hall–Kier alpha value is -2.38. The summed E-state index contributed by atoms with van der Waals surface area (Å²) in [5.41, 5.74) is 1.84. The van der Waals surface area contributed by atoms with Gasteiger partial charge < -0.3 is 5.32 Å². The Bertz CT molecular complexity index is 952. The van der Waals surface area contributed by atoms with E-state index in [2.05, 4.69) is 15.2 Å². The molecule has 0 atom stereocenters. The van der Waals surface area contributed by atoms with Crippen molar-refractivity contribution in [1.82, 2.24) is 4.83 Å². The monoisotopic (exact) mass is 391 g/mol. The number of carbonyl (C=O) groups excluding carboxylic acids is 1. The van der Waals surface area contributed by atoms with Crippen molar-refractivity contribution in [3.63, 3.8) is 0 Å². The first-order chi connectivity index (χ1) is 12.3. The van der Waals surface area contributed by atoms with Crippen LogP contribution < -0.4 is 10.1 Å². The molecule has 1 aliphatic rings. The Balaban J connectivity index is 1.72. The number of nitrogens with zero attached hydrogens (tertiary/aromatic N) is 1. The highest BCUT2D eigenvalue weighted by Crippen LogP contribution is 2.30. The summed E-state index contributed by atoms with van der Waals surface area (Å²) in [5.74, 6) is 0.125. The van der Waals surface area contributed by atoms with Gasteiger partial charge in [0.1, 0.15) is 0 Å². The highest BCUT2D eigenvalue weighted by Gasteiger charge is 2.29. The fourth-order valence-corrected chi connectivity index (χ4v) is 3.25. The van der Waals surface area contributed by atoms with Gasteiger partial charge in [-0.1, -0.05) is 23.7 Å². The van der Waals surface area contributed by atoms with Gasteiger partial charge in [-0.15, -0.1) is 0 Å². The molecule has 0 heterocycles. The molecule has 1 aliphatic carbocycles. The van der Waals surface area contributed by atoms with Crippen molar-refractivity contribution in [2.24, 2.45) is 11.0 Å². The number of hydrazone groups is 1. The zero-order chi connectivity index (χ0) is 18.7. The molecule has 0 unspecified atom stereocenters. The zero-order valence-corrected chi connectivity index (χ0v) is 15.6. The average molecular weight is 392 g/mol. The highest BCUT2D eigenvalue weighted by atomic mass is 35.5. The van der Waals surface area contributed by atoms with Crippen LogP contribution in [0.15, 0.2) is 58.5 Å². The maximum Gasteiger partial charge on any atom is 0.276 e. The number of benzene rings is 2. The van der Waals surface area contributed by atoms with Gasteiger partial charge in [0.05, 0.1) is 10.6 Å². The number of nitrogens with one attached hydrogen (secondary N) is 2. The SMILES string of the molecule is C/C(=N\NS(=O)(=O)c1ccc(Cl)cc1)c1cccc(NC(=O)C2CC2)c1. The maximum absolute atomic E-state index is 12.3. The number of amides is 1. The molecular formula is C18H18ClN3O3S. The fraction of sp³-hybridized carbons (Fsp3) is 0.222. The summed E-state index contributed by atoms with van der Waals surface area (Å²) in [5, 5.41) is 7.28. The van der Waals surface area contributed by atoms with Gasteiger partial charge >= 0.3 is 0 Å². The van der Waals surface area contributed by atoms with Crippen LogP contribution in [0, 0.1) is 5.92 Å². The van der Waals surface area contributed by atoms with E-state index in [1.165, 1.54) is 24.3 Å².